The highest BCUT2D eigenvalue weighted by atomic mass is 32.2. The molecule has 0 radical (unpaired) electrons. The molecule has 0 bridgehead atoms. The van der Waals surface area contributed by atoms with Gasteiger partial charge in [0.05, 0.1) is 29.4 Å². The third-order valence-electron chi connectivity index (χ3n) is 4.81. The number of hydrogen-bond donors (Lipinski definition) is 2. The first kappa shape index (κ1) is 16.8. The maximum atomic E-state index is 13.0. The third-order valence-corrected chi connectivity index (χ3v) is 7.68. The number of quaternary nitrogens is 1. The summed E-state index contributed by atoms with van der Waals surface area (Å²) >= 11 is 9.02. The lowest BCUT2D eigenvalue weighted by atomic mass is 10.1. The lowest BCUT2D eigenvalue weighted by Crippen LogP contribution is -3.14. The van der Waals surface area contributed by atoms with Gasteiger partial charge in [-0.15, -0.1) is 23.1 Å². The van der Waals surface area contributed by atoms with Crippen molar-refractivity contribution in [3.8, 4) is 0 Å². The fourth-order valence-electron chi connectivity index (χ4n) is 3.51. The van der Waals surface area contributed by atoms with Crippen molar-refractivity contribution in [2.75, 3.05) is 38.6 Å². The number of thiophene rings is 1. The van der Waals surface area contributed by atoms with Crippen molar-refractivity contribution in [2.45, 2.75) is 30.0 Å². The van der Waals surface area contributed by atoms with Crippen molar-refractivity contribution in [1.82, 2.24) is 9.55 Å². The van der Waals surface area contributed by atoms with E-state index in [2.05, 4.69) is 4.98 Å². The molecule has 8 heteroatoms. The molecule has 2 N–H and O–H groups in total. The molecule has 2 aliphatic heterocycles. The predicted molar refractivity (Wildman–Crippen MR) is 101 cm³/mol. The molecule has 5 nitrogen and oxygen atoms in total. The highest BCUT2D eigenvalue weighted by Crippen LogP contribution is 2.39. The molecule has 2 aliphatic rings. The SMILES string of the molecule is O=c1c2c3c(sc2[nH]c(=S)n1CCC[NH+]1CCOCC1)SCCC3. The topological polar surface area (TPSA) is 51.5 Å². The predicted octanol–water partition coefficient (Wildman–Crippen LogP) is 1.46. The first-order valence-electron chi connectivity index (χ1n) is 8.56. The maximum absolute atomic E-state index is 13.0. The number of aryl methyl sites for hydroxylation is 1. The van der Waals surface area contributed by atoms with E-state index in [1.165, 1.54) is 9.77 Å². The fourth-order valence-corrected chi connectivity index (χ4v) is 6.41. The summed E-state index contributed by atoms with van der Waals surface area (Å²) in [6, 6.07) is 0. The summed E-state index contributed by atoms with van der Waals surface area (Å²) in [4.78, 5) is 18.8. The lowest BCUT2D eigenvalue weighted by Gasteiger charge is -2.23. The number of rotatable bonds is 4. The molecule has 130 valence electrons. The number of aromatic amines is 1. The molecule has 0 saturated carbocycles. The highest BCUT2D eigenvalue weighted by Gasteiger charge is 2.21. The maximum Gasteiger partial charge on any atom is 0.263 e. The van der Waals surface area contributed by atoms with Gasteiger partial charge in [0.1, 0.15) is 17.9 Å². The Labute approximate surface area is 154 Å². The summed E-state index contributed by atoms with van der Waals surface area (Å²) in [5, 5.41) is 0.884. The number of H-pyrrole nitrogens is 1. The van der Waals surface area contributed by atoms with Gasteiger partial charge in [0.15, 0.2) is 4.77 Å². The number of ether oxygens (including phenoxy) is 1. The monoisotopic (exact) mass is 384 g/mol. The molecule has 2 aromatic heterocycles. The number of aromatic nitrogens is 2. The van der Waals surface area contributed by atoms with Gasteiger partial charge in [-0.25, -0.2) is 0 Å². The molecule has 0 spiro atoms. The molecule has 24 heavy (non-hydrogen) atoms. The largest absolute Gasteiger partial charge is 0.370 e. The Morgan fingerprint density at radius 1 is 1.33 bits per heavy atom. The third kappa shape index (κ3) is 3.22. The fraction of sp³-hybridized carbons (Fsp3) is 0.625. The molecule has 0 aliphatic carbocycles. The van der Waals surface area contributed by atoms with Gasteiger partial charge >= 0.3 is 0 Å². The number of nitrogens with one attached hydrogen (secondary N) is 2. The number of nitrogens with zero attached hydrogens (tertiary/aromatic N) is 1. The quantitative estimate of drug-likeness (QED) is 0.784. The Morgan fingerprint density at radius 3 is 3.00 bits per heavy atom. The van der Waals surface area contributed by atoms with Crippen LogP contribution in [0.15, 0.2) is 9.00 Å². The van der Waals surface area contributed by atoms with Crippen molar-refractivity contribution >= 4 is 45.5 Å². The summed E-state index contributed by atoms with van der Waals surface area (Å²) < 4.78 is 9.03. The smallest absolute Gasteiger partial charge is 0.263 e. The second-order valence-electron chi connectivity index (χ2n) is 6.38. The van der Waals surface area contributed by atoms with Gasteiger partial charge in [-0.05, 0) is 36.4 Å². The second kappa shape index (κ2) is 7.29. The molecule has 4 heterocycles. The van der Waals surface area contributed by atoms with Gasteiger partial charge in [-0.1, -0.05) is 0 Å². The molecular weight excluding hydrogens is 362 g/mol. The zero-order valence-corrected chi connectivity index (χ0v) is 16.0. The van der Waals surface area contributed by atoms with Crippen LogP contribution in [0.4, 0.5) is 0 Å². The van der Waals surface area contributed by atoms with Crippen LogP contribution in [0.2, 0.25) is 0 Å². The average Bonchev–Trinajstić information content (AvgIpc) is 2.97. The first-order valence-corrected chi connectivity index (χ1v) is 10.8. The number of morpholine rings is 1. The van der Waals surface area contributed by atoms with E-state index >= 15 is 0 Å². The standard InChI is InChI=1S/C16H21N3O2S3/c20-14-12-11-3-1-10-23-15(11)24-13(12)17-16(22)19(14)5-2-4-18-6-8-21-9-7-18/h1-10H2,(H,17,22)/p+1. The molecule has 0 atom stereocenters. The van der Waals surface area contributed by atoms with E-state index in [1.54, 1.807) is 20.8 Å². The minimum absolute atomic E-state index is 0.103. The van der Waals surface area contributed by atoms with Crippen molar-refractivity contribution in [1.29, 1.82) is 0 Å². The minimum atomic E-state index is 0.103. The summed E-state index contributed by atoms with van der Waals surface area (Å²) in [6.45, 7) is 5.60. The van der Waals surface area contributed by atoms with Crippen LogP contribution in [0.3, 0.4) is 0 Å². The van der Waals surface area contributed by atoms with Crippen LogP contribution >= 0.6 is 35.3 Å². The molecule has 0 aromatic carbocycles. The summed E-state index contributed by atoms with van der Waals surface area (Å²) in [7, 11) is 0. The van der Waals surface area contributed by atoms with Crippen LogP contribution in [0.5, 0.6) is 0 Å². The van der Waals surface area contributed by atoms with Crippen LogP contribution < -0.4 is 10.5 Å². The Kier molecular flexibility index (Phi) is 5.10. The van der Waals surface area contributed by atoms with Crippen LogP contribution in [0.1, 0.15) is 18.4 Å². The van der Waals surface area contributed by atoms with Gasteiger partial charge in [0.2, 0.25) is 0 Å². The van der Waals surface area contributed by atoms with Crippen molar-refractivity contribution in [3.05, 3.63) is 20.7 Å². The van der Waals surface area contributed by atoms with Gasteiger partial charge in [0, 0.05) is 13.0 Å². The zero-order chi connectivity index (χ0) is 16.5. The van der Waals surface area contributed by atoms with E-state index in [-0.39, 0.29) is 5.56 Å². The lowest BCUT2D eigenvalue weighted by molar-refractivity contribution is -0.908. The molecule has 2 aromatic rings. The summed E-state index contributed by atoms with van der Waals surface area (Å²) in [5.74, 6) is 1.15. The Hall–Kier alpha value is -0.670. The van der Waals surface area contributed by atoms with Gasteiger partial charge in [-0.2, -0.15) is 0 Å². The Balaban J connectivity index is 1.58. The Morgan fingerprint density at radius 2 is 2.17 bits per heavy atom. The van der Waals surface area contributed by atoms with E-state index in [1.807, 2.05) is 11.8 Å². The van der Waals surface area contributed by atoms with Gasteiger partial charge < -0.3 is 14.6 Å². The minimum Gasteiger partial charge on any atom is -0.370 e. The molecule has 0 unspecified atom stereocenters. The van der Waals surface area contributed by atoms with E-state index in [0.717, 1.165) is 68.1 Å². The first-order chi connectivity index (χ1) is 11.7. The molecule has 4 rings (SSSR count). The summed E-state index contributed by atoms with van der Waals surface area (Å²) in [5.41, 5.74) is 1.35. The molecule has 1 saturated heterocycles. The van der Waals surface area contributed by atoms with Crippen molar-refractivity contribution < 1.29 is 9.64 Å². The van der Waals surface area contributed by atoms with Crippen LogP contribution in [-0.2, 0) is 17.7 Å². The number of thioether (sulfide) groups is 1. The number of fused-ring (bicyclic) bond motifs is 3. The van der Waals surface area contributed by atoms with E-state index in [0.29, 0.717) is 11.3 Å². The molecular formula is C16H22N3O2S3+. The molecule has 0 amide bonds. The van der Waals surface area contributed by atoms with E-state index in [4.69, 9.17) is 17.0 Å². The van der Waals surface area contributed by atoms with Crippen LogP contribution in [-0.4, -0.2) is 48.2 Å². The van der Waals surface area contributed by atoms with E-state index in [9.17, 15) is 4.79 Å². The van der Waals surface area contributed by atoms with Gasteiger partial charge in [-0.3, -0.25) is 9.36 Å². The van der Waals surface area contributed by atoms with Crippen LogP contribution in [0, 0.1) is 4.77 Å². The highest BCUT2D eigenvalue weighted by molar-refractivity contribution is 8.01. The van der Waals surface area contributed by atoms with Crippen molar-refractivity contribution in [2.24, 2.45) is 0 Å². The van der Waals surface area contributed by atoms with E-state index < -0.39 is 0 Å². The number of hydrogen-bond acceptors (Lipinski definition) is 5. The van der Waals surface area contributed by atoms with Crippen molar-refractivity contribution in [3.63, 3.8) is 0 Å². The Bertz CT molecular complexity index is 849. The van der Waals surface area contributed by atoms with Gasteiger partial charge in [0.25, 0.3) is 5.56 Å². The molecule has 1 fully saturated rings. The summed E-state index contributed by atoms with van der Waals surface area (Å²) in [6.07, 6.45) is 3.14. The normalized spacial score (nSPS) is 18.8. The zero-order valence-electron chi connectivity index (χ0n) is 13.6. The average molecular weight is 385 g/mol. The second-order valence-corrected chi connectivity index (χ2v) is 9.15. The van der Waals surface area contributed by atoms with Crippen LogP contribution in [0.25, 0.3) is 10.2 Å².